The van der Waals surface area contributed by atoms with Crippen molar-refractivity contribution in [1.29, 1.82) is 0 Å². The smallest absolute Gasteiger partial charge is 0.0735 e. The Morgan fingerprint density at radius 1 is 1.25 bits per heavy atom. The van der Waals surface area contributed by atoms with Crippen LogP contribution in [0.4, 0.5) is 0 Å². The minimum atomic E-state index is -0.280. The second-order valence-electron chi connectivity index (χ2n) is 2.29. The first-order valence-corrected chi connectivity index (χ1v) is 5.03. The van der Waals surface area contributed by atoms with Crippen LogP contribution in [0.25, 0.3) is 0 Å². The van der Waals surface area contributed by atoms with Crippen molar-refractivity contribution >= 4 is 46.4 Å². The van der Waals surface area contributed by atoms with Gasteiger partial charge in [-0.2, -0.15) is 0 Å². The highest BCUT2D eigenvalue weighted by Gasteiger charge is 2.10. The molecule has 0 radical (unpaired) electrons. The lowest BCUT2D eigenvalue weighted by Gasteiger charge is -2.07. The molecule has 1 rings (SSSR count). The summed E-state index contributed by atoms with van der Waals surface area (Å²) in [5, 5.41) is 0.933. The highest BCUT2D eigenvalue weighted by molar-refractivity contribution is 6.35. The van der Waals surface area contributed by atoms with E-state index >= 15 is 0 Å². The van der Waals surface area contributed by atoms with E-state index in [1.165, 1.54) is 0 Å². The third kappa shape index (κ3) is 2.43. The Hall–Kier alpha value is 0.380. The molecule has 0 fully saturated rings. The van der Waals surface area contributed by atoms with Crippen molar-refractivity contribution in [3.8, 4) is 0 Å². The van der Waals surface area contributed by atoms with Gasteiger partial charge >= 0.3 is 0 Å². The third-order valence-electron chi connectivity index (χ3n) is 1.43. The van der Waals surface area contributed by atoms with Crippen molar-refractivity contribution in [2.24, 2.45) is 0 Å². The molecule has 0 amide bonds. The van der Waals surface area contributed by atoms with Crippen LogP contribution in [-0.2, 0) is 0 Å². The number of hydrogen-bond acceptors (Lipinski definition) is 0. The molecule has 0 aliphatic heterocycles. The molecule has 0 N–H and O–H groups in total. The monoisotopic (exact) mass is 242 g/mol. The quantitative estimate of drug-likeness (QED) is 0.671. The summed E-state index contributed by atoms with van der Waals surface area (Å²) in [7, 11) is 0. The van der Waals surface area contributed by atoms with Crippen LogP contribution in [-0.4, -0.2) is 5.88 Å². The summed E-state index contributed by atoms with van der Waals surface area (Å²) in [6.45, 7) is 0. The highest BCUT2D eigenvalue weighted by Crippen LogP contribution is 2.30. The predicted molar refractivity (Wildman–Crippen MR) is 55.8 cm³/mol. The number of alkyl halides is 2. The molecule has 1 unspecified atom stereocenters. The van der Waals surface area contributed by atoms with Gasteiger partial charge < -0.3 is 0 Å². The van der Waals surface area contributed by atoms with Crippen molar-refractivity contribution in [3.05, 3.63) is 33.8 Å². The van der Waals surface area contributed by atoms with Crippen molar-refractivity contribution in [1.82, 2.24) is 0 Å². The fourth-order valence-electron chi connectivity index (χ4n) is 0.838. The first kappa shape index (κ1) is 10.5. The number of rotatable bonds is 2. The van der Waals surface area contributed by atoms with E-state index in [1.807, 2.05) is 0 Å². The van der Waals surface area contributed by atoms with Gasteiger partial charge in [0.2, 0.25) is 0 Å². The van der Waals surface area contributed by atoms with E-state index in [0.717, 1.165) is 5.56 Å². The van der Waals surface area contributed by atoms with Gasteiger partial charge in [0.1, 0.15) is 0 Å². The summed E-state index contributed by atoms with van der Waals surface area (Å²) < 4.78 is 0. The Morgan fingerprint density at radius 3 is 2.50 bits per heavy atom. The fourth-order valence-corrected chi connectivity index (χ4v) is 1.67. The molecule has 0 aromatic heterocycles. The third-order valence-corrected chi connectivity index (χ3v) is 2.87. The minimum Gasteiger partial charge on any atom is -0.125 e. The SMILES string of the molecule is ClCC(Cl)c1cc(Cl)ccc1Cl. The van der Waals surface area contributed by atoms with Crippen molar-refractivity contribution in [2.45, 2.75) is 5.38 Å². The van der Waals surface area contributed by atoms with E-state index in [2.05, 4.69) is 0 Å². The van der Waals surface area contributed by atoms with Crippen LogP contribution in [0.3, 0.4) is 0 Å². The average Bonchev–Trinajstić information content (AvgIpc) is 2.08. The van der Waals surface area contributed by atoms with E-state index < -0.39 is 0 Å². The van der Waals surface area contributed by atoms with Gasteiger partial charge in [0, 0.05) is 15.9 Å². The largest absolute Gasteiger partial charge is 0.125 e. The van der Waals surface area contributed by atoms with Gasteiger partial charge in [0.15, 0.2) is 0 Å². The van der Waals surface area contributed by atoms with E-state index in [4.69, 9.17) is 46.4 Å². The molecule has 1 aromatic carbocycles. The summed E-state index contributed by atoms with van der Waals surface area (Å²) in [6, 6.07) is 5.15. The molecule has 0 aliphatic rings. The maximum atomic E-state index is 5.89. The lowest BCUT2D eigenvalue weighted by atomic mass is 10.2. The van der Waals surface area contributed by atoms with E-state index in [0.29, 0.717) is 15.9 Å². The molecule has 1 atom stereocenters. The molecule has 0 saturated heterocycles. The summed E-state index contributed by atoms with van der Waals surface area (Å²) >= 11 is 23.1. The summed E-state index contributed by atoms with van der Waals surface area (Å²) in [4.78, 5) is 0. The predicted octanol–water partition coefficient (Wildman–Crippen LogP) is 4.51. The van der Waals surface area contributed by atoms with Gasteiger partial charge in [0.25, 0.3) is 0 Å². The highest BCUT2D eigenvalue weighted by atomic mass is 35.5. The van der Waals surface area contributed by atoms with Crippen LogP contribution in [0.2, 0.25) is 10.0 Å². The Balaban J connectivity index is 3.04. The second-order valence-corrected chi connectivity index (χ2v) is 3.97. The average molecular weight is 244 g/mol. The number of benzene rings is 1. The zero-order chi connectivity index (χ0) is 9.14. The minimum absolute atomic E-state index is 0.280. The Kier molecular flexibility index (Phi) is 3.98. The molecule has 0 saturated carbocycles. The standard InChI is InChI=1S/C8H6Cl4/c9-4-8(12)6-3-5(10)1-2-7(6)11/h1-3,8H,4H2. The molecule has 66 valence electrons. The van der Waals surface area contributed by atoms with Gasteiger partial charge in [-0.25, -0.2) is 0 Å². The maximum absolute atomic E-state index is 5.89. The topological polar surface area (TPSA) is 0 Å². The molecular weight excluding hydrogens is 238 g/mol. The van der Waals surface area contributed by atoms with E-state index in [-0.39, 0.29) is 5.38 Å². The normalized spacial score (nSPS) is 13.0. The molecule has 12 heavy (non-hydrogen) atoms. The first-order chi connectivity index (χ1) is 5.65. The van der Waals surface area contributed by atoms with Crippen LogP contribution < -0.4 is 0 Å². The van der Waals surface area contributed by atoms with E-state index in [1.54, 1.807) is 18.2 Å². The summed E-state index contributed by atoms with van der Waals surface area (Å²) in [6.07, 6.45) is 0. The van der Waals surface area contributed by atoms with Crippen LogP contribution in [0.1, 0.15) is 10.9 Å². The lowest BCUT2D eigenvalue weighted by molar-refractivity contribution is 1.09. The van der Waals surface area contributed by atoms with Gasteiger partial charge in [-0.3, -0.25) is 0 Å². The van der Waals surface area contributed by atoms with Crippen molar-refractivity contribution in [3.63, 3.8) is 0 Å². The second kappa shape index (κ2) is 4.57. The molecule has 1 aromatic rings. The number of hydrogen-bond donors (Lipinski definition) is 0. The van der Waals surface area contributed by atoms with Gasteiger partial charge in [-0.1, -0.05) is 23.2 Å². The van der Waals surface area contributed by atoms with Gasteiger partial charge in [-0.05, 0) is 23.8 Å². The molecule has 4 heteroatoms. The summed E-state index contributed by atoms with van der Waals surface area (Å²) in [5.74, 6) is 0.321. The van der Waals surface area contributed by atoms with Crippen molar-refractivity contribution < 1.29 is 0 Å². The van der Waals surface area contributed by atoms with Crippen molar-refractivity contribution in [2.75, 3.05) is 5.88 Å². The van der Waals surface area contributed by atoms with Crippen LogP contribution in [0.15, 0.2) is 18.2 Å². The maximum Gasteiger partial charge on any atom is 0.0735 e. The molecule has 0 bridgehead atoms. The molecule has 0 aliphatic carbocycles. The molecule has 0 heterocycles. The van der Waals surface area contributed by atoms with Gasteiger partial charge in [-0.15, -0.1) is 23.2 Å². The fraction of sp³-hybridized carbons (Fsp3) is 0.250. The summed E-state index contributed by atoms with van der Waals surface area (Å²) in [5.41, 5.74) is 0.779. The van der Waals surface area contributed by atoms with Crippen LogP contribution in [0.5, 0.6) is 0 Å². The number of halogens is 4. The first-order valence-electron chi connectivity index (χ1n) is 3.30. The molecule has 0 spiro atoms. The Morgan fingerprint density at radius 2 is 1.92 bits per heavy atom. The zero-order valence-electron chi connectivity index (χ0n) is 6.03. The Labute approximate surface area is 91.4 Å². The molecular formula is C8H6Cl4. The lowest BCUT2D eigenvalue weighted by Crippen LogP contribution is -1.92. The van der Waals surface area contributed by atoms with Crippen LogP contribution >= 0.6 is 46.4 Å². The molecule has 0 nitrogen and oxygen atoms in total. The Bertz CT molecular complexity index is 272. The van der Waals surface area contributed by atoms with Crippen LogP contribution in [0, 0.1) is 0 Å². The van der Waals surface area contributed by atoms with E-state index in [9.17, 15) is 0 Å². The zero-order valence-corrected chi connectivity index (χ0v) is 9.05. The van der Waals surface area contributed by atoms with Gasteiger partial charge in [0.05, 0.1) is 5.38 Å².